The van der Waals surface area contributed by atoms with Gasteiger partial charge >= 0.3 is 0 Å². The minimum absolute atomic E-state index is 0.0396. The van der Waals surface area contributed by atoms with Crippen molar-refractivity contribution in [1.82, 2.24) is 14.7 Å². The van der Waals surface area contributed by atoms with Gasteiger partial charge in [0.25, 0.3) is 10.0 Å². The van der Waals surface area contributed by atoms with E-state index in [1.54, 1.807) is 55.3 Å². The molecule has 0 saturated carbocycles. The highest BCUT2D eigenvalue weighted by molar-refractivity contribution is 7.90. The summed E-state index contributed by atoms with van der Waals surface area (Å²) in [5, 5.41) is 8.13. The maximum absolute atomic E-state index is 13.1. The first-order valence-electron chi connectivity index (χ1n) is 11.4. The van der Waals surface area contributed by atoms with E-state index in [0.717, 1.165) is 6.04 Å². The van der Waals surface area contributed by atoms with Gasteiger partial charge in [0, 0.05) is 51.1 Å². The van der Waals surface area contributed by atoms with Crippen LogP contribution >= 0.6 is 11.6 Å². The first kappa shape index (κ1) is 27.8. The van der Waals surface area contributed by atoms with Crippen molar-refractivity contribution >= 4 is 58.5 Å². The highest BCUT2D eigenvalue weighted by Crippen LogP contribution is 2.29. The third kappa shape index (κ3) is 7.89. The van der Waals surface area contributed by atoms with Crippen LogP contribution in [0.5, 0.6) is 0 Å². The molecule has 36 heavy (non-hydrogen) atoms. The summed E-state index contributed by atoms with van der Waals surface area (Å²) in [5.74, 6) is -0.336. The molecule has 1 N–H and O–H groups in total. The first-order chi connectivity index (χ1) is 16.8. The van der Waals surface area contributed by atoms with Crippen LogP contribution in [0.1, 0.15) is 5.56 Å². The van der Waals surface area contributed by atoms with E-state index in [9.17, 15) is 13.2 Å². The first-order valence-corrected chi connectivity index (χ1v) is 17.0. The van der Waals surface area contributed by atoms with Crippen molar-refractivity contribution in [3.8, 4) is 0 Å². The van der Waals surface area contributed by atoms with Gasteiger partial charge in [-0.3, -0.25) is 4.79 Å². The molecule has 0 unspecified atom stereocenters. The van der Waals surface area contributed by atoms with Crippen LogP contribution < -0.4 is 5.32 Å². The lowest BCUT2D eigenvalue weighted by atomic mass is 10.1. The molecule has 2 aromatic carbocycles. The Labute approximate surface area is 218 Å². The van der Waals surface area contributed by atoms with Crippen molar-refractivity contribution in [1.29, 1.82) is 0 Å². The maximum atomic E-state index is 13.1. The smallest absolute Gasteiger partial charge is 0.284 e. The fraction of sp³-hybridized carbons (Fsp3) is 0.375. The maximum Gasteiger partial charge on any atom is 0.284 e. The van der Waals surface area contributed by atoms with E-state index in [2.05, 4.69) is 34.5 Å². The van der Waals surface area contributed by atoms with Crippen LogP contribution in [0.3, 0.4) is 0 Å². The van der Waals surface area contributed by atoms with Gasteiger partial charge in [0.05, 0.1) is 11.9 Å². The number of sulfonamides is 1. The van der Waals surface area contributed by atoms with E-state index >= 15 is 0 Å². The zero-order valence-electron chi connectivity index (χ0n) is 21.2. The predicted molar refractivity (Wildman–Crippen MR) is 147 cm³/mol. The SMILES string of the molecule is CN(C)C=NS(=O)(=O)c1cc(NC(=O)Cc2ccccc2Cl)cc2nn(COCC[Si](C)(C)C)cc12. The van der Waals surface area contributed by atoms with Gasteiger partial charge in [0.1, 0.15) is 18.0 Å². The number of carbonyl (C=O) groups is 1. The minimum atomic E-state index is -4.07. The summed E-state index contributed by atoms with van der Waals surface area (Å²) in [4.78, 5) is 14.2. The summed E-state index contributed by atoms with van der Waals surface area (Å²) in [7, 11) is -1.95. The molecule has 0 aliphatic rings. The molecule has 9 nitrogen and oxygen atoms in total. The molecule has 0 bridgehead atoms. The number of fused-ring (bicyclic) bond motifs is 1. The van der Waals surface area contributed by atoms with Gasteiger partial charge in [0.15, 0.2) is 0 Å². The van der Waals surface area contributed by atoms with E-state index in [4.69, 9.17) is 16.3 Å². The topological polar surface area (TPSA) is 106 Å². The lowest BCUT2D eigenvalue weighted by molar-refractivity contribution is -0.115. The van der Waals surface area contributed by atoms with Gasteiger partial charge in [-0.2, -0.15) is 13.5 Å². The Morgan fingerprint density at radius 2 is 1.97 bits per heavy atom. The van der Waals surface area contributed by atoms with Crippen LogP contribution in [0.2, 0.25) is 30.7 Å². The number of aromatic nitrogens is 2. The standard InChI is InChI=1S/C24H32ClN5O4SSi/c1-29(2)16-26-35(32,33)23-14-19(27-24(31)12-18-8-6-7-9-21(18)25)13-22-20(23)15-30(28-22)17-34-10-11-36(3,4)5/h6-9,13-16H,10-12,17H2,1-5H3,(H,27,31). The molecule has 0 saturated heterocycles. The van der Waals surface area contributed by atoms with Crippen molar-refractivity contribution in [3.63, 3.8) is 0 Å². The fourth-order valence-electron chi connectivity index (χ4n) is 3.26. The zero-order valence-corrected chi connectivity index (χ0v) is 23.7. The summed E-state index contributed by atoms with van der Waals surface area (Å²) >= 11 is 6.17. The number of nitrogens with one attached hydrogen (secondary N) is 1. The van der Waals surface area contributed by atoms with Gasteiger partial charge in [-0.1, -0.05) is 49.4 Å². The second kappa shape index (κ2) is 11.5. The quantitative estimate of drug-likeness (QED) is 0.164. The molecule has 12 heteroatoms. The molecule has 0 aliphatic heterocycles. The third-order valence-electron chi connectivity index (χ3n) is 5.14. The Morgan fingerprint density at radius 3 is 2.64 bits per heavy atom. The molecule has 0 radical (unpaired) electrons. The lowest BCUT2D eigenvalue weighted by Crippen LogP contribution is -2.22. The number of benzene rings is 2. The second-order valence-electron chi connectivity index (χ2n) is 9.90. The number of amides is 1. The van der Waals surface area contributed by atoms with Gasteiger partial charge < -0.3 is 15.0 Å². The molecule has 194 valence electrons. The van der Waals surface area contributed by atoms with E-state index in [1.165, 1.54) is 17.3 Å². The molecule has 3 rings (SSSR count). The summed E-state index contributed by atoms with van der Waals surface area (Å²) in [6.45, 7) is 7.60. The summed E-state index contributed by atoms with van der Waals surface area (Å²) in [6.07, 6.45) is 2.88. The molecule has 0 atom stereocenters. The van der Waals surface area contributed by atoms with Crippen LogP contribution in [-0.4, -0.2) is 64.1 Å². The van der Waals surface area contributed by atoms with Crippen LogP contribution in [-0.2, 0) is 32.7 Å². The van der Waals surface area contributed by atoms with Gasteiger partial charge in [-0.05, 0) is 29.8 Å². The van der Waals surface area contributed by atoms with Gasteiger partial charge in [0.2, 0.25) is 5.91 Å². The second-order valence-corrected chi connectivity index (χ2v) is 17.5. The Morgan fingerprint density at radius 1 is 1.25 bits per heavy atom. The average Bonchev–Trinajstić information content (AvgIpc) is 3.18. The van der Waals surface area contributed by atoms with Crippen LogP contribution in [0.4, 0.5) is 5.69 Å². The van der Waals surface area contributed by atoms with Gasteiger partial charge in [-0.25, -0.2) is 4.68 Å². The average molecular weight is 550 g/mol. The molecule has 0 spiro atoms. The normalized spacial score (nSPS) is 12.4. The number of anilines is 1. The monoisotopic (exact) mass is 549 g/mol. The van der Waals surface area contributed by atoms with Crippen LogP contribution in [0.25, 0.3) is 10.9 Å². The summed E-state index contributed by atoms with van der Waals surface area (Å²) < 4.78 is 37.3. The van der Waals surface area contributed by atoms with Crippen molar-refractivity contribution < 1.29 is 17.9 Å². The zero-order chi connectivity index (χ0) is 26.5. The molecule has 3 aromatic rings. The number of hydrogen-bond donors (Lipinski definition) is 1. The van der Waals surface area contributed by atoms with E-state index < -0.39 is 18.1 Å². The number of ether oxygens (including phenoxy) is 1. The van der Waals surface area contributed by atoms with Crippen molar-refractivity contribution in [2.45, 2.75) is 43.7 Å². The summed E-state index contributed by atoms with van der Waals surface area (Å²) in [6, 6.07) is 11.1. The van der Waals surface area contributed by atoms with Crippen LogP contribution in [0, 0.1) is 0 Å². The Kier molecular flexibility index (Phi) is 8.93. The highest BCUT2D eigenvalue weighted by Gasteiger charge is 2.21. The molecule has 0 fully saturated rings. The Balaban J connectivity index is 1.92. The van der Waals surface area contributed by atoms with E-state index in [0.29, 0.717) is 33.8 Å². The summed E-state index contributed by atoms with van der Waals surface area (Å²) in [5.41, 5.74) is 1.36. The van der Waals surface area contributed by atoms with E-state index in [-0.39, 0.29) is 24.0 Å². The molecular weight excluding hydrogens is 518 g/mol. The number of nitrogens with zero attached hydrogens (tertiary/aromatic N) is 4. The molecular formula is C24H32ClN5O4SSi. The number of halogens is 1. The van der Waals surface area contributed by atoms with Gasteiger partial charge in [-0.15, -0.1) is 4.40 Å². The molecule has 0 aliphatic carbocycles. The largest absolute Gasteiger partial charge is 0.368 e. The Hall–Kier alpha value is -2.73. The third-order valence-corrected chi connectivity index (χ3v) is 8.48. The van der Waals surface area contributed by atoms with E-state index in [1.807, 2.05) is 0 Å². The minimum Gasteiger partial charge on any atom is -0.368 e. The van der Waals surface area contributed by atoms with Crippen LogP contribution in [0.15, 0.2) is 51.9 Å². The number of hydrogen-bond acceptors (Lipinski definition) is 5. The fourth-order valence-corrected chi connectivity index (χ4v) is 5.36. The predicted octanol–water partition coefficient (Wildman–Crippen LogP) is 4.46. The Bertz CT molecular complexity index is 1370. The van der Waals surface area contributed by atoms with Crippen molar-refractivity contribution in [3.05, 3.63) is 53.2 Å². The number of rotatable bonds is 11. The lowest BCUT2D eigenvalue weighted by Gasteiger charge is -2.15. The molecule has 1 amide bonds. The number of carbonyl (C=O) groups excluding carboxylic acids is 1. The van der Waals surface area contributed by atoms with Crippen molar-refractivity contribution in [2.24, 2.45) is 4.40 Å². The molecule has 1 heterocycles. The highest BCUT2D eigenvalue weighted by atomic mass is 35.5. The van der Waals surface area contributed by atoms with Crippen molar-refractivity contribution in [2.75, 3.05) is 26.0 Å². The molecule has 1 aromatic heterocycles.